The van der Waals surface area contributed by atoms with Gasteiger partial charge < -0.3 is 25.2 Å². The number of carbonyl (C=O) groups excluding carboxylic acids is 1. The van der Waals surface area contributed by atoms with Crippen molar-refractivity contribution in [3.63, 3.8) is 0 Å². The van der Waals surface area contributed by atoms with Crippen LogP contribution in [0.4, 0.5) is 32.0 Å². The summed E-state index contributed by atoms with van der Waals surface area (Å²) >= 11 is 6.15. The maximum atomic E-state index is 10.6. The lowest BCUT2D eigenvalue weighted by Crippen LogP contribution is -2.37. The number of quaternary nitrogens is 1. The molecule has 0 spiro atoms. The molecule has 39 heavy (non-hydrogen) atoms. The van der Waals surface area contributed by atoms with Crippen LogP contribution in [0.15, 0.2) is 29.8 Å². The van der Waals surface area contributed by atoms with E-state index in [-0.39, 0.29) is 0 Å². The molecule has 2 aliphatic carbocycles. The molecule has 4 rings (SSSR count). The number of aliphatic carboxylic acids is 2. The van der Waals surface area contributed by atoms with Crippen LogP contribution in [0.1, 0.15) is 36.4 Å². The molecule has 1 aromatic carbocycles. The summed E-state index contributed by atoms with van der Waals surface area (Å²) in [5.74, 6) is -4.63. The second kappa shape index (κ2) is 12.0. The van der Waals surface area contributed by atoms with Gasteiger partial charge in [-0.3, -0.25) is 4.98 Å². The van der Waals surface area contributed by atoms with E-state index in [1.165, 1.54) is 30.6 Å². The van der Waals surface area contributed by atoms with E-state index in [1.54, 1.807) is 5.57 Å². The Morgan fingerprint density at radius 3 is 2.18 bits per heavy atom. The number of hydrogen-bond acceptors (Lipinski definition) is 5. The van der Waals surface area contributed by atoms with Gasteiger partial charge in [0.1, 0.15) is 5.97 Å². The smallest absolute Gasteiger partial charge is 0.490 e. The molecule has 216 valence electrons. The Morgan fingerprint density at radius 1 is 1.13 bits per heavy atom. The van der Waals surface area contributed by atoms with Crippen molar-refractivity contribution < 1.29 is 50.6 Å². The number of anilines is 1. The molecule has 2 bridgehead atoms. The Morgan fingerprint density at radius 2 is 1.69 bits per heavy atom. The minimum atomic E-state index is -5.19. The first kappa shape index (κ1) is 32.2. The number of benzene rings is 1. The quantitative estimate of drug-likeness (QED) is 0.313. The van der Waals surface area contributed by atoms with E-state index in [9.17, 15) is 26.3 Å². The molecule has 0 aliphatic heterocycles. The molecule has 0 fully saturated rings. The molecule has 0 amide bonds. The van der Waals surface area contributed by atoms with Crippen molar-refractivity contribution in [1.82, 2.24) is 4.98 Å². The van der Waals surface area contributed by atoms with Crippen molar-refractivity contribution in [1.29, 1.82) is 0 Å². The van der Waals surface area contributed by atoms with Crippen molar-refractivity contribution in [2.24, 2.45) is 5.92 Å². The third kappa shape index (κ3) is 9.27. The van der Waals surface area contributed by atoms with Crippen molar-refractivity contribution in [2.75, 3.05) is 33.4 Å². The standard InChI is InChI=1S/C21H27ClN3.2C2HF3O2/c1-25(2,3)7-6-13-8-14-10-15(9-13)20-19(11-14)24-18-12-16(22)4-5-17(18)21(20)23;2*3-2(4,5)1(6)7/h4-5,8,12,14-15H,6-7,9-11H2,1-3H3,(H2,23,24);2*(H,6,7)/q+1;;/p-1. The molecule has 2 atom stereocenters. The normalized spacial score (nSPS) is 18.6. The molecular weight excluding hydrogens is 556 g/mol. The number of aromatic nitrogens is 1. The van der Waals surface area contributed by atoms with Crippen LogP contribution in [-0.4, -0.2) is 66.6 Å². The molecule has 2 aliphatic rings. The summed E-state index contributed by atoms with van der Waals surface area (Å²) in [7, 11) is 6.79. The summed E-state index contributed by atoms with van der Waals surface area (Å²) < 4.78 is 64.3. The molecule has 3 N–H and O–H groups in total. The van der Waals surface area contributed by atoms with Crippen LogP contribution in [0.5, 0.6) is 0 Å². The number of hydrogen-bond donors (Lipinski definition) is 2. The van der Waals surface area contributed by atoms with Crippen LogP contribution in [0, 0.1) is 5.92 Å². The summed E-state index contributed by atoms with van der Waals surface area (Å²) in [4.78, 5) is 22.6. The van der Waals surface area contributed by atoms with Gasteiger partial charge in [0.15, 0.2) is 0 Å². The largest absolute Gasteiger partial charge is 0.542 e. The van der Waals surface area contributed by atoms with E-state index in [0.717, 1.165) is 38.9 Å². The highest BCUT2D eigenvalue weighted by Crippen LogP contribution is 2.47. The highest BCUT2D eigenvalue weighted by Gasteiger charge is 2.38. The van der Waals surface area contributed by atoms with Crippen LogP contribution in [0.3, 0.4) is 0 Å². The Kier molecular flexibility index (Phi) is 9.88. The summed E-state index contributed by atoms with van der Waals surface area (Å²) in [5, 5.41) is 17.7. The van der Waals surface area contributed by atoms with Gasteiger partial charge in [-0.15, -0.1) is 0 Å². The number of nitrogens with zero attached hydrogens (tertiary/aromatic N) is 2. The topological polar surface area (TPSA) is 116 Å². The Labute approximate surface area is 225 Å². The van der Waals surface area contributed by atoms with Crippen LogP contribution in [0.25, 0.3) is 10.9 Å². The first-order valence-electron chi connectivity index (χ1n) is 11.6. The second-order valence-corrected chi connectivity index (χ2v) is 10.8. The van der Waals surface area contributed by atoms with Crippen molar-refractivity contribution >= 4 is 40.1 Å². The maximum Gasteiger partial charge on any atom is 0.490 e. The molecular formula is C25H28ClF6N3O4. The van der Waals surface area contributed by atoms with Crippen LogP contribution < -0.4 is 10.8 Å². The fourth-order valence-corrected chi connectivity index (χ4v) is 4.62. The average Bonchev–Trinajstić information content (AvgIpc) is 2.76. The SMILES string of the molecule is C[N+](C)(C)CCC1=CC2Cc3nc4cc(Cl)ccc4c(N)c3C(C1)C2.O=C(O)C(F)(F)F.O=C([O-])C(F)(F)F. The molecule has 0 saturated carbocycles. The third-order valence-corrected chi connectivity index (χ3v) is 6.35. The fourth-order valence-electron chi connectivity index (χ4n) is 4.45. The summed E-state index contributed by atoms with van der Waals surface area (Å²) in [6.07, 6.45) is -3.22. The number of allylic oxidation sites excluding steroid dienone is 1. The van der Waals surface area contributed by atoms with E-state index < -0.39 is 24.3 Å². The number of pyridine rings is 1. The number of fused-ring (bicyclic) bond motifs is 5. The number of alkyl halides is 6. The Balaban J connectivity index is 0.000000317. The number of nitrogen functional groups attached to an aromatic ring is 1. The van der Waals surface area contributed by atoms with Crippen molar-refractivity contribution in [3.05, 3.63) is 46.1 Å². The van der Waals surface area contributed by atoms with Gasteiger partial charge in [-0.2, -0.15) is 26.3 Å². The summed E-state index contributed by atoms with van der Waals surface area (Å²) in [5.41, 5.74) is 12.6. The molecule has 2 unspecified atom stereocenters. The second-order valence-electron chi connectivity index (χ2n) is 10.3. The van der Waals surface area contributed by atoms with E-state index in [2.05, 4.69) is 27.2 Å². The van der Waals surface area contributed by atoms with E-state index in [4.69, 9.17) is 42.1 Å². The minimum absolute atomic E-state index is 0.522. The molecule has 7 nitrogen and oxygen atoms in total. The average molecular weight is 584 g/mol. The highest BCUT2D eigenvalue weighted by molar-refractivity contribution is 6.31. The van der Waals surface area contributed by atoms with Gasteiger partial charge in [-0.1, -0.05) is 23.3 Å². The van der Waals surface area contributed by atoms with Gasteiger partial charge in [0.05, 0.1) is 33.2 Å². The lowest BCUT2D eigenvalue weighted by molar-refractivity contribution is -0.870. The molecule has 0 radical (unpaired) electrons. The molecule has 14 heteroatoms. The van der Waals surface area contributed by atoms with Crippen LogP contribution in [-0.2, 0) is 16.0 Å². The molecule has 0 saturated heterocycles. The zero-order valence-electron chi connectivity index (χ0n) is 21.3. The van der Waals surface area contributed by atoms with Gasteiger partial charge in [0.2, 0.25) is 0 Å². The van der Waals surface area contributed by atoms with Crippen molar-refractivity contribution in [3.8, 4) is 0 Å². The predicted octanol–water partition coefficient (Wildman–Crippen LogP) is 4.47. The number of carbonyl (C=O) groups is 2. The van der Waals surface area contributed by atoms with Gasteiger partial charge in [0, 0.05) is 33.8 Å². The fraction of sp³-hybridized carbons (Fsp3) is 0.480. The molecule has 2 aromatic rings. The van der Waals surface area contributed by atoms with Gasteiger partial charge in [-0.25, -0.2) is 4.79 Å². The third-order valence-electron chi connectivity index (χ3n) is 6.12. The van der Waals surface area contributed by atoms with Crippen LogP contribution in [0.2, 0.25) is 5.02 Å². The number of nitrogens with two attached hydrogens (primary N) is 1. The predicted molar refractivity (Wildman–Crippen MR) is 131 cm³/mol. The number of carboxylic acid groups (broad SMARTS) is 2. The number of carboxylic acids is 2. The maximum absolute atomic E-state index is 10.6. The Bertz CT molecular complexity index is 1230. The van der Waals surface area contributed by atoms with E-state index in [1.807, 2.05) is 18.2 Å². The van der Waals surface area contributed by atoms with Gasteiger partial charge in [-0.05, 0) is 49.3 Å². The van der Waals surface area contributed by atoms with Crippen LogP contribution >= 0.6 is 11.6 Å². The lowest BCUT2D eigenvalue weighted by Gasteiger charge is -2.36. The first-order chi connectivity index (χ1) is 17.7. The number of halogens is 7. The van der Waals surface area contributed by atoms with Gasteiger partial charge >= 0.3 is 18.3 Å². The monoisotopic (exact) mass is 583 g/mol. The number of rotatable bonds is 3. The summed E-state index contributed by atoms with van der Waals surface area (Å²) in [6.45, 7) is 1.18. The highest BCUT2D eigenvalue weighted by atomic mass is 35.5. The molecule has 1 aromatic heterocycles. The zero-order valence-corrected chi connectivity index (χ0v) is 22.0. The molecule has 1 heterocycles. The van der Waals surface area contributed by atoms with E-state index >= 15 is 0 Å². The van der Waals surface area contributed by atoms with Gasteiger partial charge in [0.25, 0.3) is 0 Å². The Hall–Kier alpha value is -3.06. The summed E-state index contributed by atoms with van der Waals surface area (Å²) in [6, 6.07) is 5.86. The van der Waals surface area contributed by atoms with E-state index in [0.29, 0.717) is 11.8 Å². The first-order valence-corrected chi connectivity index (χ1v) is 12.0. The minimum Gasteiger partial charge on any atom is -0.542 e. The lowest BCUT2D eigenvalue weighted by atomic mass is 9.70. The zero-order chi connectivity index (χ0) is 29.9. The van der Waals surface area contributed by atoms with Crippen molar-refractivity contribution in [2.45, 2.75) is 44.0 Å².